The van der Waals surface area contributed by atoms with Gasteiger partial charge in [-0.1, -0.05) is 6.08 Å². The van der Waals surface area contributed by atoms with Crippen LogP contribution in [0.15, 0.2) is 28.9 Å². The molecule has 0 amide bonds. The maximum Gasteiger partial charge on any atom is 0.126 e. The molecule has 0 saturated carbocycles. The number of nitrogens with one attached hydrogen (secondary N) is 1. The standard InChI is InChI=1S/C9H13NO/c1-10-7-3-2-5-9-6-4-8-11-9/h2,4-6,8,10H,3,7H2,1H3. The fraction of sp³-hybridized carbons (Fsp3) is 0.333. The summed E-state index contributed by atoms with van der Waals surface area (Å²) in [6, 6.07) is 3.83. The Morgan fingerprint density at radius 3 is 3.18 bits per heavy atom. The largest absolute Gasteiger partial charge is 0.465 e. The lowest BCUT2D eigenvalue weighted by molar-refractivity contribution is 0.557. The average molecular weight is 151 g/mol. The van der Waals surface area contributed by atoms with E-state index in [1.54, 1.807) is 6.26 Å². The van der Waals surface area contributed by atoms with Crippen LogP contribution in [0, 0.1) is 0 Å². The highest BCUT2D eigenvalue weighted by molar-refractivity contribution is 5.41. The number of rotatable bonds is 4. The maximum absolute atomic E-state index is 5.11. The van der Waals surface area contributed by atoms with Crippen molar-refractivity contribution >= 4 is 6.08 Å². The van der Waals surface area contributed by atoms with Crippen molar-refractivity contribution in [2.45, 2.75) is 6.42 Å². The Morgan fingerprint density at radius 2 is 2.55 bits per heavy atom. The van der Waals surface area contributed by atoms with Gasteiger partial charge in [0.1, 0.15) is 5.76 Å². The molecule has 0 spiro atoms. The Hall–Kier alpha value is -1.02. The Labute approximate surface area is 66.9 Å². The summed E-state index contributed by atoms with van der Waals surface area (Å²) in [4.78, 5) is 0. The van der Waals surface area contributed by atoms with E-state index in [2.05, 4.69) is 11.4 Å². The van der Waals surface area contributed by atoms with Gasteiger partial charge in [0.25, 0.3) is 0 Å². The van der Waals surface area contributed by atoms with Gasteiger partial charge >= 0.3 is 0 Å². The predicted octanol–water partition coefficient (Wildman–Crippen LogP) is 1.90. The van der Waals surface area contributed by atoms with Gasteiger partial charge in [0, 0.05) is 0 Å². The van der Waals surface area contributed by atoms with E-state index in [0.29, 0.717) is 0 Å². The fourth-order valence-corrected chi connectivity index (χ4v) is 0.813. The van der Waals surface area contributed by atoms with Crippen LogP contribution in [0.4, 0.5) is 0 Å². The number of hydrogen-bond acceptors (Lipinski definition) is 2. The Balaban J connectivity index is 2.25. The van der Waals surface area contributed by atoms with Crippen molar-refractivity contribution in [3.63, 3.8) is 0 Å². The molecule has 2 heteroatoms. The maximum atomic E-state index is 5.11. The second kappa shape index (κ2) is 4.74. The van der Waals surface area contributed by atoms with Crippen molar-refractivity contribution < 1.29 is 4.42 Å². The van der Waals surface area contributed by atoms with Crippen LogP contribution in [-0.2, 0) is 0 Å². The lowest BCUT2D eigenvalue weighted by Crippen LogP contribution is -2.05. The van der Waals surface area contributed by atoms with Gasteiger partial charge in [-0.25, -0.2) is 0 Å². The van der Waals surface area contributed by atoms with Crippen molar-refractivity contribution in [2.24, 2.45) is 0 Å². The molecule has 1 aromatic rings. The second-order valence-electron chi connectivity index (χ2n) is 2.31. The third kappa shape index (κ3) is 3.05. The van der Waals surface area contributed by atoms with Gasteiger partial charge in [0.2, 0.25) is 0 Å². The Bertz CT molecular complexity index is 201. The van der Waals surface area contributed by atoms with Crippen molar-refractivity contribution in [3.8, 4) is 0 Å². The summed E-state index contributed by atoms with van der Waals surface area (Å²) >= 11 is 0. The van der Waals surface area contributed by atoms with Crippen molar-refractivity contribution in [2.75, 3.05) is 13.6 Å². The summed E-state index contributed by atoms with van der Waals surface area (Å²) in [7, 11) is 1.95. The summed E-state index contributed by atoms with van der Waals surface area (Å²) in [5.74, 6) is 0.918. The molecule has 0 fully saturated rings. The molecular formula is C9H13NO. The van der Waals surface area contributed by atoms with Gasteiger partial charge in [-0.05, 0) is 38.2 Å². The molecule has 60 valence electrons. The van der Waals surface area contributed by atoms with E-state index in [9.17, 15) is 0 Å². The first kappa shape index (κ1) is 8.08. The fourth-order valence-electron chi connectivity index (χ4n) is 0.813. The molecule has 1 N–H and O–H groups in total. The molecule has 1 aromatic heterocycles. The van der Waals surface area contributed by atoms with E-state index in [4.69, 9.17) is 4.42 Å². The van der Waals surface area contributed by atoms with E-state index in [-0.39, 0.29) is 0 Å². The van der Waals surface area contributed by atoms with Crippen LogP contribution in [0.2, 0.25) is 0 Å². The average Bonchev–Trinajstić information content (AvgIpc) is 2.50. The summed E-state index contributed by atoms with van der Waals surface area (Å²) in [5, 5.41) is 3.07. The molecule has 0 radical (unpaired) electrons. The van der Waals surface area contributed by atoms with Gasteiger partial charge < -0.3 is 9.73 Å². The monoisotopic (exact) mass is 151 g/mol. The second-order valence-corrected chi connectivity index (χ2v) is 2.31. The van der Waals surface area contributed by atoms with Crippen molar-refractivity contribution in [1.82, 2.24) is 5.32 Å². The lowest BCUT2D eigenvalue weighted by atomic mass is 10.3. The van der Waals surface area contributed by atoms with Gasteiger partial charge in [0.15, 0.2) is 0 Å². The molecule has 0 aliphatic carbocycles. The molecule has 11 heavy (non-hydrogen) atoms. The molecule has 0 aliphatic rings. The molecular weight excluding hydrogens is 138 g/mol. The molecule has 1 rings (SSSR count). The van der Waals surface area contributed by atoms with Crippen molar-refractivity contribution in [3.05, 3.63) is 30.2 Å². The molecule has 0 aromatic carbocycles. The zero-order valence-corrected chi connectivity index (χ0v) is 6.71. The van der Waals surface area contributed by atoms with Crippen LogP contribution in [0.25, 0.3) is 6.08 Å². The first-order valence-corrected chi connectivity index (χ1v) is 3.78. The SMILES string of the molecule is CNCCC=Cc1ccco1. The van der Waals surface area contributed by atoms with E-state index < -0.39 is 0 Å². The minimum absolute atomic E-state index is 0.918. The Kier molecular flexibility index (Phi) is 3.48. The summed E-state index contributed by atoms with van der Waals surface area (Å²) in [6.45, 7) is 1.01. The molecule has 0 atom stereocenters. The van der Waals surface area contributed by atoms with Crippen LogP contribution in [0.5, 0.6) is 0 Å². The first-order valence-electron chi connectivity index (χ1n) is 3.78. The lowest BCUT2D eigenvalue weighted by Gasteiger charge is -1.89. The van der Waals surface area contributed by atoms with Gasteiger partial charge in [-0.3, -0.25) is 0 Å². The first-order chi connectivity index (χ1) is 5.43. The van der Waals surface area contributed by atoms with E-state index >= 15 is 0 Å². The number of hydrogen-bond donors (Lipinski definition) is 1. The smallest absolute Gasteiger partial charge is 0.126 e. The highest BCUT2D eigenvalue weighted by Gasteiger charge is 1.84. The van der Waals surface area contributed by atoms with Gasteiger partial charge in [-0.2, -0.15) is 0 Å². The van der Waals surface area contributed by atoms with Crippen LogP contribution in [0.3, 0.4) is 0 Å². The molecule has 0 unspecified atom stereocenters. The zero-order valence-electron chi connectivity index (χ0n) is 6.71. The van der Waals surface area contributed by atoms with Gasteiger partial charge in [-0.15, -0.1) is 0 Å². The van der Waals surface area contributed by atoms with Crippen LogP contribution < -0.4 is 5.32 Å². The zero-order chi connectivity index (χ0) is 7.94. The normalized spacial score (nSPS) is 11.0. The van der Waals surface area contributed by atoms with E-state index in [1.807, 2.05) is 25.3 Å². The number of furan rings is 1. The summed E-state index contributed by atoms with van der Waals surface area (Å²) < 4.78 is 5.11. The van der Waals surface area contributed by atoms with Crippen LogP contribution >= 0.6 is 0 Å². The predicted molar refractivity (Wildman–Crippen MR) is 46.3 cm³/mol. The minimum Gasteiger partial charge on any atom is -0.465 e. The van der Waals surface area contributed by atoms with E-state index in [0.717, 1.165) is 18.7 Å². The summed E-state index contributed by atoms with van der Waals surface area (Å²) in [5.41, 5.74) is 0. The molecule has 0 bridgehead atoms. The molecule has 2 nitrogen and oxygen atoms in total. The van der Waals surface area contributed by atoms with E-state index in [1.165, 1.54) is 0 Å². The molecule has 1 heterocycles. The Morgan fingerprint density at radius 1 is 1.64 bits per heavy atom. The highest BCUT2D eigenvalue weighted by Crippen LogP contribution is 2.02. The van der Waals surface area contributed by atoms with Crippen LogP contribution in [-0.4, -0.2) is 13.6 Å². The molecule has 0 aliphatic heterocycles. The molecule has 0 saturated heterocycles. The summed E-state index contributed by atoms with van der Waals surface area (Å²) in [6.07, 6.45) is 6.79. The topological polar surface area (TPSA) is 25.2 Å². The quantitative estimate of drug-likeness (QED) is 0.665. The highest BCUT2D eigenvalue weighted by atomic mass is 16.3. The van der Waals surface area contributed by atoms with Gasteiger partial charge in [0.05, 0.1) is 6.26 Å². The third-order valence-electron chi connectivity index (χ3n) is 1.39. The van der Waals surface area contributed by atoms with Crippen molar-refractivity contribution in [1.29, 1.82) is 0 Å². The minimum atomic E-state index is 0.918. The third-order valence-corrected chi connectivity index (χ3v) is 1.39. The van der Waals surface area contributed by atoms with Crippen LogP contribution in [0.1, 0.15) is 12.2 Å².